The zero-order valence-corrected chi connectivity index (χ0v) is 13.7. The Morgan fingerprint density at radius 2 is 1.91 bits per heavy atom. The fourth-order valence-corrected chi connectivity index (χ4v) is 2.28. The van der Waals surface area contributed by atoms with Crippen molar-refractivity contribution in [2.24, 2.45) is 0 Å². The molecular weight excluding hydrogens is 302 g/mol. The SMILES string of the molecule is [2H]N(C(=O)/C=C(\C)CCC=C(C)C)[C@H]1C(O)O[C@H](CO)[C@@H](O)[C@@H]1O. The van der Waals surface area contributed by atoms with Crippen LogP contribution in [0.4, 0.5) is 0 Å². The van der Waals surface area contributed by atoms with Gasteiger partial charge in [0.1, 0.15) is 24.4 Å². The minimum Gasteiger partial charge on any atom is -0.394 e. The predicted octanol–water partition coefficient (Wildman–Crippen LogP) is -0.405. The molecule has 5 N–H and O–H groups in total. The highest BCUT2D eigenvalue weighted by molar-refractivity contribution is 5.88. The lowest BCUT2D eigenvalue weighted by molar-refractivity contribution is -0.253. The quantitative estimate of drug-likeness (QED) is 0.334. The van der Waals surface area contributed by atoms with Crippen LogP contribution in [0.1, 0.15) is 33.6 Å². The van der Waals surface area contributed by atoms with Gasteiger partial charge >= 0.3 is 0 Å². The molecule has 0 aromatic heterocycles. The Balaban J connectivity index is 2.75. The van der Waals surface area contributed by atoms with Gasteiger partial charge in [0.25, 0.3) is 0 Å². The minimum absolute atomic E-state index is 0.399. The maximum Gasteiger partial charge on any atom is 0.244 e. The third-order valence-corrected chi connectivity index (χ3v) is 3.60. The highest BCUT2D eigenvalue weighted by Gasteiger charge is 2.44. The summed E-state index contributed by atoms with van der Waals surface area (Å²) in [7, 11) is 0. The van der Waals surface area contributed by atoms with E-state index in [0.29, 0.717) is 11.7 Å². The van der Waals surface area contributed by atoms with Crippen LogP contribution in [0.2, 0.25) is 1.41 Å². The fourth-order valence-electron chi connectivity index (χ4n) is 2.28. The number of hydrogen-bond acceptors (Lipinski definition) is 6. The van der Waals surface area contributed by atoms with Crippen molar-refractivity contribution < 1.29 is 31.4 Å². The van der Waals surface area contributed by atoms with E-state index in [1.54, 1.807) is 6.92 Å². The van der Waals surface area contributed by atoms with Crippen molar-refractivity contribution in [2.45, 2.75) is 64.3 Å². The van der Waals surface area contributed by atoms with E-state index in [4.69, 9.17) is 11.3 Å². The monoisotopic (exact) mass is 330 g/mol. The first-order chi connectivity index (χ1) is 11.2. The lowest BCUT2D eigenvalue weighted by atomic mass is 9.97. The maximum absolute atomic E-state index is 12.1. The number of hydrogen-bond donors (Lipinski definition) is 5. The average Bonchev–Trinajstić information content (AvgIpc) is 2.50. The molecular formula is C16H27NO6. The summed E-state index contributed by atoms with van der Waals surface area (Å²) in [6, 6.07) is -1.45. The second-order valence-electron chi connectivity index (χ2n) is 6.00. The second kappa shape index (κ2) is 9.14. The Bertz CT molecular complexity index is 491. The zero-order chi connectivity index (χ0) is 18.4. The van der Waals surface area contributed by atoms with E-state index in [0.717, 1.165) is 12.0 Å². The van der Waals surface area contributed by atoms with Crippen LogP contribution in [0.3, 0.4) is 0 Å². The number of allylic oxidation sites excluding steroid dienone is 3. The lowest BCUT2D eigenvalue weighted by Gasteiger charge is -2.40. The molecule has 1 saturated heterocycles. The van der Waals surface area contributed by atoms with Crippen LogP contribution in [0.5, 0.6) is 0 Å². The summed E-state index contributed by atoms with van der Waals surface area (Å²) in [6.45, 7) is 5.11. The number of ether oxygens (including phenoxy) is 1. The molecule has 0 spiro atoms. The molecule has 0 bridgehead atoms. The molecule has 1 fully saturated rings. The Hall–Kier alpha value is -1.25. The molecule has 0 saturated carbocycles. The summed E-state index contributed by atoms with van der Waals surface area (Å²) >= 11 is 0. The molecule has 0 aromatic rings. The Morgan fingerprint density at radius 3 is 2.48 bits per heavy atom. The van der Waals surface area contributed by atoms with Gasteiger partial charge < -0.3 is 30.5 Å². The number of nitrogens with one attached hydrogen (secondary N) is 1. The van der Waals surface area contributed by atoms with Crippen LogP contribution in [-0.2, 0) is 9.53 Å². The average molecular weight is 330 g/mol. The van der Waals surface area contributed by atoms with Gasteiger partial charge in [-0.25, -0.2) is 0 Å². The van der Waals surface area contributed by atoms with E-state index >= 15 is 0 Å². The normalized spacial score (nSPS) is 32.2. The van der Waals surface area contributed by atoms with Crippen molar-refractivity contribution in [2.75, 3.05) is 6.61 Å². The third-order valence-electron chi connectivity index (χ3n) is 3.60. The highest BCUT2D eigenvalue weighted by atomic mass is 16.6. The van der Waals surface area contributed by atoms with Crippen LogP contribution in [0, 0.1) is 0 Å². The molecule has 5 atom stereocenters. The summed E-state index contributed by atoms with van der Waals surface area (Å²) in [4.78, 5) is 12.1. The number of carbonyl (C=O) groups excluding carboxylic acids is 1. The first kappa shape index (κ1) is 18.1. The van der Waals surface area contributed by atoms with Gasteiger partial charge in [-0.05, 0) is 33.6 Å². The molecule has 7 heteroatoms. The van der Waals surface area contributed by atoms with Gasteiger partial charge in [-0.3, -0.25) is 4.79 Å². The van der Waals surface area contributed by atoms with Gasteiger partial charge in [-0.2, -0.15) is 0 Å². The summed E-state index contributed by atoms with van der Waals surface area (Å²) in [6.07, 6.45) is -1.25. The summed E-state index contributed by atoms with van der Waals surface area (Å²) in [5.41, 5.74) is 1.93. The largest absolute Gasteiger partial charge is 0.394 e. The number of aliphatic hydroxyl groups is 4. The van der Waals surface area contributed by atoms with Crippen LogP contribution >= 0.6 is 0 Å². The first-order valence-corrected chi connectivity index (χ1v) is 7.62. The van der Waals surface area contributed by atoms with E-state index in [9.17, 15) is 20.1 Å². The van der Waals surface area contributed by atoms with Crippen molar-refractivity contribution in [3.05, 3.63) is 23.3 Å². The smallest absolute Gasteiger partial charge is 0.244 e. The van der Waals surface area contributed by atoms with E-state index in [-0.39, 0.29) is 0 Å². The molecule has 1 rings (SSSR count). The molecule has 7 nitrogen and oxygen atoms in total. The Labute approximate surface area is 137 Å². The van der Waals surface area contributed by atoms with Gasteiger partial charge in [-0.15, -0.1) is 0 Å². The fraction of sp³-hybridized carbons (Fsp3) is 0.688. The highest BCUT2D eigenvalue weighted by Crippen LogP contribution is 2.19. The van der Waals surface area contributed by atoms with Crippen LogP contribution < -0.4 is 5.31 Å². The molecule has 1 heterocycles. The molecule has 0 radical (unpaired) electrons. The number of amides is 1. The maximum atomic E-state index is 12.1. The predicted molar refractivity (Wildman–Crippen MR) is 84.3 cm³/mol. The Kier molecular flexibility index (Phi) is 7.19. The summed E-state index contributed by atoms with van der Waals surface area (Å²) < 4.78 is 12.8. The topological polar surface area (TPSA) is 119 Å². The van der Waals surface area contributed by atoms with Gasteiger partial charge in [0.05, 0.1) is 6.61 Å². The van der Waals surface area contributed by atoms with Crippen LogP contribution in [0.25, 0.3) is 0 Å². The van der Waals surface area contributed by atoms with E-state index in [1.165, 1.54) is 11.6 Å². The van der Waals surface area contributed by atoms with Crippen LogP contribution in [-0.4, -0.2) is 63.6 Å². The Morgan fingerprint density at radius 1 is 1.26 bits per heavy atom. The van der Waals surface area contributed by atoms with E-state index in [2.05, 4.69) is 0 Å². The standard InChI is InChI=1S/C16H27NO6/c1-9(2)5-4-6-10(3)7-12(19)17-13-15(21)14(20)11(8-18)23-16(13)22/h5,7,11,13-16,18,20-22H,4,6,8H2,1-3H3,(H,17,19)/b10-7+/t11-,13-,14-,15-,16?/m1/s1/i/hD. The molecule has 0 aliphatic carbocycles. The van der Waals surface area contributed by atoms with Crippen LogP contribution in [0.15, 0.2) is 23.3 Å². The third kappa shape index (κ3) is 6.04. The first-order valence-electron chi connectivity index (χ1n) is 8.06. The molecule has 23 heavy (non-hydrogen) atoms. The second-order valence-corrected chi connectivity index (χ2v) is 6.00. The van der Waals surface area contributed by atoms with E-state index < -0.39 is 43.2 Å². The van der Waals surface area contributed by atoms with Gasteiger partial charge in [0.15, 0.2) is 7.70 Å². The number of carbonyl (C=O) groups is 1. The van der Waals surface area contributed by atoms with Crippen molar-refractivity contribution in [1.29, 1.82) is 0 Å². The van der Waals surface area contributed by atoms with Gasteiger partial charge in [-0.1, -0.05) is 17.2 Å². The molecule has 0 aromatic carbocycles. The molecule has 1 aliphatic heterocycles. The minimum atomic E-state index is -1.68. The molecule has 1 unspecified atom stereocenters. The van der Waals surface area contributed by atoms with Gasteiger partial charge in [0.2, 0.25) is 5.91 Å². The number of rotatable bonds is 6. The summed E-state index contributed by atoms with van der Waals surface area (Å²) in [5.74, 6) is -0.731. The molecule has 132 valence electrons. The van der Waals surface area contributed by atoms with Gasteiger partial charge in [0, 0.05) is 6.08 Å². The van der Waals surface area contributed by atoms with E-state index in [1.807, 2.05) is 19.9 Å². The van der Waals surface area contributed by atoms with Crippen molar-refractivity contribution in [3.8, 4) is 0 Å². The number of aliphatic hydroxyl groups excluding tert-OH is 4. The van der Waals surface area contributed by atoms with Crippen molar-refractivity contribution >= 4 is 5.91 Å². The molecule has 1 amide bonds. The summed E-state index contributed by atoms with van der Waals surface area (Å²) in [5, 5.41) is 39.1. The molecule has 1 aliphatic rings. The lowest BCUT2D eigenvalue weighted by Crippen LogP contribution is -2.64. The zero-order valence-electron chi connectivity index (χ0n) is 14.7. The van der Waals surface area contributed by atoms with Crippen molar-refractivity contribution in [3.63, 3.8) is 0 Å². The van der Waals surface area contributed by atoms with Crippen molar-refractivity contribution in [1.82, 2.24) is 5.31 Å².